The summed E-state index contributed by atoms with van der Waals surface area (Å²) in [6, 6.07) is 13.9. The summed E-state index contributed by atoms with van der Waals surface area (Å²) in [5, 5.41) is 3.85. The van der Waals surface area contributed by atoms with E-state index in [2.05, 4.69) is 25.8 Å². The van der Waals surface area contributed by atoms with Crippen LogP contribution in [0.4, 0.5) is 5.69 Å². The molecule has 0 saturated heterocycles. The lowest BCUT2D eigenvalue weighted by Crippen LogP contribution is -2.14. The highest BCUT2D eigenvalue weighted by Gasteiger charge is 2.18. The van der Waals surface area contributed by atoms with Gasteiger partial charge in [-0.15, -0.1) is 0 Å². The number of sulfonamides is 1. The quantitative estimate of drug-likeness (QED) is 0.690. The van der Waals surface area contributed by atoms with Gasteiger partial charge in [-0.05, 0) is 55.8 Å². The molecule has 0 radical (unpaired) electrons. The molecule has 0 atom stereocenters. The lowest BCUT2D eigenvalue weighted by Gasteiger charge is -2.11. The molecule has 1 N–H and O–H groups in total. The Hall–Kier alpha value is -2.12. The molecule has 3 aromatic rings. The van der Waals surface area contributed by atoms with Crippen molar-refractivity contribution in [1.82, 2.24) is 5.16 Å². The molecule has 2 aromatic carbocycles. The predicted octanol–water partition coefficient (Wildman–Crippen LogP) is 4.52. The van der Waals surface area contributed by atoms with Gasteiger partial charge in [0.25, 0.3) is 10.0 Å². The number of halogens is 1. The SMILES string of the molecule is Cc1cc(-c2ccc(S(=O)(=O)Nc3cccc(Br)c3)c(C)c2)on1. The molecule has 0 amide bonds. The van der Waals surface area contributed by atoms with Crippen molar-refractivity contribution in [3.63, 3.8) is 0 Å². The Labute approximate surface area is 148 Å². The standard InChI is InChI=1S/C17H15BrN2O3S/c1-11-8-13(16-9-12(2)19-23-16)6-7-17(11)24(21,22)20-15-5-3-4-14(18)10-15/h3-10,20H,1-2H3. The lowest BCUT2D eigenvalue weighted by molar-refractivity contribution is 0.427. The summed E-state index contributed by atoms with van der Waals surface area (Å²) in [6.07, 6.45) is 0. The Morgan fingerprint density at radius 1 is 1.08 bits per heavy atom. The van der Waals surface area contributed by atoms with Gasteiger partial charge in [-0.25, -0.2) is 8.42 Å². The van der Waals surface area contributed by atoms with Crippen molar-refractivity contribution in [1.29, 1.82) is 0 Å². The Bertz CT molecular complexity index is 997. The second-order valence-corrected chi connectivity index (χ2v) is 8.00. The van der Waals surface area contributed by atoms with Crippen LogP contribution in [-0.4, -0.2) is 13.6 Å². The number of rotatable bonds is 4. The zero-order valence-electron chi connectivity index (χ0n) is 13.1. The number of hydrogen-bond acceptors (Lipinski definition) is 4. The number of hydrogen-bond donors (Lipinski definition) is 1. The van der Waals surface area contributed by atoms with Gasteiger partial charge in [-0.2, -0.15) is 0 Å². The van der Waals surface area contributed by atoms with Crippen LogP contribution in [0.15, 0.2) is 62.4 Å². The molecule has 0 aliphatic carbocycles. The van der Waals surface area contributed by atoms with Gasteiger partial charge < -0.3 is 4.52 Å². The fraction of sp³-hybridized carbons (Fsp3) is 0.118. The highest BCUT2D eigenvalue weighted by molar-refractivity contribution is 9.10. The molecule has 0 unspecified atom stereocenters. The van der Waals surface area contributed by atoms with E-state index in [-0.39, 0.29) is 4.90 Å². The maximum atomic E-state index is 12.6. The van der Waals surface area contributed by atoms with Crippen molar-refractivity contribution < 1.29 is 12.9 Å². The van der Waals surface area contributed by atoms with Gasteiger partial charge >= 0.3 is 0 Å². The summed E-state index contributed by atoms with van der Waals surface area (Å²) in [5.41, 5.74) is 2.69. The summed E-state index contributed by atoms with van der Waals surface area (Å²) in [6.45, 7) is 3.59. The van der Waals surface area contributed by atoms with Crippen molar-refractivity contribution >= 4 is 31.6 Å². The average molecular weight is 407 g/mol. The Kier molecular flexibility index (Phi) is 4.47. The Balaban J connectivity index is 1.93. The van der Waals surface area contributed by atoms with E-state index in [4.69, 9.17) is 4.52 Å². The van der Waals surface area contributed by atoms with Gasteiger partial charge in [-0.1, -0.05) is 27.2 Å². The fourth-order valence-corrected chi connectivity index (χ4v) is 4.04. The van der Waals surface area contributed by atoms with Crippen LogP contribution in [0, 0.1) is 13.8 Å². The summed E-state index contributed by atoms with van der Waals surface area (Å²) in [5.74, 6) is 0.611. The zero-order chi connectivity index (χ0) is 17.3. The number of anilines is 1. The van der Waals surface area contributed by atoms with E-state index in [0.717, 1.165) is 15.7 Å². The summed E-state index contributed by atoms with van der Waals surface area (Å²) >= 11 is 3.33. The van der Waals surface area contributed by atoms with Gasteiger partial charge in [0.2, 0.25) is 0 Å². The minimum absolute atomic E-state index is 0.225. The minimum atomic E-state index is -3.67. The van der Waals surface area contributed by atoms with Crippen molar-refractivity contribution in [3.05, 3.63) is 64.3 Å². The van der Waals surface area contributed by atoms with Crippen LogP contribution >= 0.6 is 15.9 Å². The maximum absolute atomic E-state index is 12.6. The van der Waals surface area contributed by atoms with Crippen LogP contribution in [-0.2, 0) is 10.0 Å². The van der Waals surface area contributed by atoms with E-state index >= 15 is 0 Å². The molecule has 0 bridgehead atoms. The first-order valence-corrected chi connectivity index (χ1v) is 9.45. The number of nitrogens with one attached hydrogen (secondary N) is 1. The molecule has 124 valence electrons. The van der Waals surface area contributed by atoms with Crippen molar-refractivity contribution in [2.24, 2.45) is 0 Å². The van der Waals surface area contributed by atoms with Crippen LogP contribution in [0.2, 0.25) is 0 Å². The molecule has 0 spiro atoms. The molecule has 24 heavy (non-hydrogen) atoms. The van der Waals surface area contributed by atoms with Gasteiger partial charge in [0.15, 0.2) is 5.76 Å². The molecule has 0 aliphatic heterocycles. The second kappa shape index (κ2) is 6.41. The third-order valence-electron chi connectivity index (χ3n) is 3.45. The van der Waals surface area contributed by atoms with Gasteiger partial charge in [0.05, 0.1) is 10.6 Å². The third kappa shape index (κ3) is 3.52. The predicted molar refractivity (Wildman–Crippen MR) is 96.4 cm³/mol. The number of nitrogens with zero attached hydrogens (tertiary/aromatic N) is 1. The zero-order valence-corrected chi connectivity index (χ0v) is 15.5. The van der Waals surface area contributed by atoms with Gasteiger partial charge in [0.1, 0.15) is 0 Å². The van der Waals surface area contributed by atoms with E-state index in [1.807, 2.05) is 19.1 Å². The topological polar surface area (TPSA) is 72.2 Å². The second-order valence-electron chi connectivity index (χ2n) is 5.43. The largest absolute Gasteiger partial charge is 0.356 e. The Morgan fingerprint density at radius 3 is 2.50 bits per heavy atom. The average Bonchev–Trinajstić information content (AvgIpc) is 2.93. The molecule has 0 aliphatic rings. The highest BCUT2D eigenvalue weighted by Crippen LogP contribution is 2.27. The molecule has 1 aromatic heterocycles. The smallest absolute Gasteiger partial charge is 0.262 e. The van der Waals surface area contributed by atoms with E-state index in [9.17, 15) is 8.42 Å². The lowest BCUT2D eigenvalue weighted by atomic mass is 10.1. The summed E-state index contributed by atoms with van der Waals surface area (Å²) in [7, 11) is -3.67. The molecular weight excluding hydrogens is 392 g/mol. The molecular formula is C17H15BrN2O3S. The first-order chi connectivity index (χ1) is 11.3. The molecule has 3 rings (SSSR count). The Morgan fingerprint density at radius 2 is 1.88 bits per heavy atom. The first-order valence-electron chi connectivity index (χ1n) is 7.18. The van der Waals surface area contributed by atoms with E-state index in [0.29, 0.717) is 17.0 Å². The van der Waals surface area contributed by atoms with E-state index in [1.165, 1.54) is 0 Å². The fourth-order valence-electron chi connectivity index (χ4n) is 2.37. The van der Waals surface area contributed by atoms with Crippen LogP contribution in [0.25, 0.3) is 11.3 Å². The van der Waals surface area contributed by atoms with E-state index in [1.54, 1.807) is 43.3 Å². The van der Waals surface area contributed by atoms with E-state index < -0.39 is 10.0 Å². The number of aromatic nitrogens is 1. The summed E-state index contributed by atoms with van der Waals surface area (Å²) < 4.78 is 33.9. The summed E-state index contributed by atoms with van der Waals surface area (Å²) in [4.78, 5) is 0.225. The van der Waals surface area contributed by atoms with Gasteiger partial charge in [-0.3, -0.25) is 4.72 Å². The van der Waals surface area contributed by atoms with Crippen LogP contribution in [0.1, 0.15) is 11.3 Å². The minimum Gasteiger partial charge on any atom is -0.356 e. The van der Waals surface area contributed by atoms with Crippen LogP contribution in [0.5, 0.6) is 0 Å². The molecule has 7 heteroatoms. The molecule has 5 nitrogen and oxygen atoms in total. The van der Waals surface area contributed by atoms with Crippen molar-refractivity contribution in [3.8, 4) is 11.3 Å². The third-order valence-corrected chi connectivity index (χ3v) is 5.49. The number of aryl methyl sites for hydroxylation is 2. The first kappa shape index (κ1) is 16.7. The highest BCUT2D eigenvalue weighted by atomic mass is 79.9. The maximum Gasteiger partial charge on any atom is 0.262 e. The van der Waals surface area contributed by atoms with Gasteiger partial charge in [0, 0.05) is 21.8 Å². The van der Waals surface area contributed by atoms with Crippen LogP contribution in [0.3, 0.4) is 0 Å². The normalized spacial score (nSPS) is 11.5. The van der Waals surface area contributed by atoms with Crippen LogP contribution < -0.4 is 4.72 Å². The molecule has 0 fully saturated rings. The molecule has 0 saturated carbocycles. The number of benzene rings is 2. The molecule has 1 heterocycles. The van der Waals surface area contributed by atoms with Crippen molar-refractivity contribution in [2.75, 3.05) is 4.72 Å². The van der Waals surface area contributed by atoms with Crippen molar-refractivity contribution in [2.45, 2.75) is 18.7 Å². The monoisotopic (exact) mass is 406 g/mol.